The summed E-state index contributed by atoms with van der Waals surface area (Å²) in [5.74, 6) is -0.730. The average Bonchev–Trinajstić information content (AvgIpc) is 2.37. The van der Waals surface area contributed by atoms with Gasteiger partial charge < -0.3 is 15.3 Å². The van der Waals surface area contributed by atoms with Gasteiger partial charge in [-0.25, -0.2) is 4.79 Å². The van der Waals surface area contributed by atoms with Crippen LogP contribution < -0.4 is 5.32 Å². The van der Waals surface area contributed by atoms with Gasteiger partial charge in [0.05, 0.1) is 5.41 Å². The van der Waals surface area contributed by atoms with Gasteiger partial charge in [-0.3, -0.25) is 4.79 Å². The summed E-state index contributed by atoms with van der Waals surface area (Å²) in [4.78, 5) is 25.3. The summed E-state index contributed by atoms with van der Waals surface area (Å²) in [6, 6.07) is -0.0708. The molecule has 2 N–H and O–H groups in total. The number of amides is 2. The fraction of sp³-hybridized carbons (Fsp3) is 0.867. The lowest BCUT2D eigenvalue weighted by molar-refractivity contribution is -0.152. The summed E-state index contributed by atoms with van der Waals surface area (Å²) in [5, 5.41) is 12.4. The standard InChI is InChI=1S/C15H28N2O3/c1-5-7-14(3,4)16-13(20)17-10-8-15(6-2,9-11-17)12(18)19/h5-11H2,1-4H3,(H,16,20)(H,18,19). The van der Waals surface area contributed by atoms with Gasteiger partial charge >= 0.3 is 12.0 Å². The molecule has 1 heterocycles. The Morgan fingerprint density at radius 1 is 1.25 bits per heavy atom. The summed E-state index contributed by atoms with van der Waals surface area (Å²) in [5.41, 5.74) is -0.854. The zero-order valence-corrected chi connectivity index (χ0v) is 13.2. The molecule has 1 saturated heterocycles. The molecular formula is C15H28N2O3. The van der Waals surface area contributed by atoms with Crippen LogP contribution in [0.4, 0.5) is 4.79 Å². The second kappa shape index (κ2) is 6.46. The number of nitrogens with one attached hydrogen (secondary N) is 1. The zero-order chi connectivity index (χ0) is 15.4. The molecule has 0 aromatic carbocycles. The van der Waals surface area contributed by atoms with Gasteiger partial charge in [0, 0.05) is 18.6 Å². The second-order valence-electron chi connectivity index (χ2n) is 6.49. The zero-order valence-electron chi connectivity index (χ0n) is 13.2. The van der Waals surface area contributed by atoms with Crippen LogP contribution in [-0.4, -0.2) is 40.6 Å². The molecule has 0 aliphatic carbocycles. The topological polar surface area (TPSA) is 69.6 Å². The van der Waals surface area contributed by atoms with Crippen LogP contribution in [0.25, 0.3) is 0 Å². The molecule has 20 heavy (non-hydrogen) atoms. The number of piperidine rings is 1. The Hall–Kier alpha value is -1.26. The second-order valence-corrected chi connectivity index (χ2v) is 6.49. The predicted octanol–water partition coefficient (Wildman–Crippen LogP) is 2.85. The van der Waals surface area contributed by atoms with Gasteiger partial charge in [0.15, 0.2) is 0 Å². The molecule has 1 rings (SSSR count). The van der Waals surface area contributed by atoms with Gasteiger partial charge in [-0.05, 0) is 39.5 Å². The van der Waals surface area contributed by atoms with E-state index in [1.54, 1.807) is 4.90 Å². The van der Waals surface area contributed by atoms with Gasteiger partial charge in [-0.1, -0.05) is 20.3 Å². The molecule has 5 nitrogen and oxygen atoms in total. The number of carbonyl (C=O) groups excluding carboxylic acids is 1. The summed E-state index contributed by atoms with van der Waals surface area (Å²) in [6.45, 7) is 9.09. The summed E-state index contributed by atoms with van der Waals surface area (Å²) in [6.07, 6.45) is 3.66. The van der Waals surface area contributed by atoms with Crippen LogP contribution in [-0.2, 0) is 4.79 Å². The van der Waals surface area contributed by atoms with E-state index in [1.165, 1.54) is 0 Å². The highest BCUT2D eigenvalue weighted by molar-refractivity contribution is 5.77. The largest absolute Gasteiger partial charge is 0.481 e. The molecule has 0 aromatic heterocycles. The van der Waals surface area contributed by atoms with Crippen molar-refractivity contribution < 1.29 is 14.7 Å². The van der Waals surface area contributed by atoms with Crippen LogP contribution in [0.1, 0.15) is 59.8 Å². The lowest BCUT2D eigenvalue weighted by atomic mass is 9.76. The molecule has 2 amide bonds. The average molecular weight is 284 g/mol. The number of hydrogen-bond acceptors (Lipinski definition) is 2. The van der Waals surface area contributed by atoms with Crippen LogP contribution in [0.15, 0.2) is 0 Å². The summed E-state index contributed by atoms with van der Waals surface area (Å²) >= 11 is 0. The van der Waals surface area contributed by atoms with Gasteiger partial charge in [-0.15, -0.1) is 0 Å². The maximum absolute atomic E-state index is 12.2. The SMILES string of the molecule is CCCC(C)(C)NC(=O)N1CCC(CC)(C(=O)O)CC1. The summed E-state index contributed by atoms with van der Waals surface area (Å²) < 4.78 is 0. The normalized spacial score (nSPS) is 18.7. The molecule has 0 saturated carbocycles. The maximum atomic E-state index is 12.2. The van der Waals surface area contributed by atoms with Gasteiger partial charge in [-0.2, -0.15) is 0 Å². The molecule has 0 atom stereocenters. The first-order chi connectivity index (χ1) is 9.26. The molecule has 1 aliphatic rings. The lowest BCUT2D eigenvalue weighted by Crippen LogP contribution is -2.54. The van der Waals surface area contributed by atoms with E-state index in [1.807, 2.05) is 20.8 Å². The van der Waals surface area contributed by atoms with Crippen LogP contribution in [0.5, 0.6) is 0 Å². The van der Waals surface area contributed by atoms with E-state index in [2.05, 4.69) is 12.2 Å². The molecule has 116 valence electrons. The van der Waals surface area contributed by atoms with Crippen molar-refractivity contribution >= 4 is 12.0 Å². The van der Waals surface area contributed by atoms with E-state index in [0.717, 1.165) is 12.8 Å². The van der Waals surface area contributed by atoms with Crippen molar-refractivity contribution in [3.05, 3.63) is 0 Å². The first-order valence-corrected chi connectivity index (χ1v) is 7.57. The fourth-order valence-corrected chi connectivity index (χ4v) is 2.91. The minimum atomic E-state index is -0.730. The molecule has 1 fully saturated rings. The highest BCUT2D eigenvalue weighted by Gasteiger charge is 2.41. The third kappa shape index (κ3) is 3.87. The number of nitrogens with zero attached hydrogens (tertiary/aromatic N) is 1. The first-order valence-electron chi connectivity index (χ1n) is 7.57. The summed E-state index contributed by atoms with van der Waals surface area (Å²) in [7, 11) is 0. The van der Waals surface area contributed by atoms with Crippen molar-refractivity contribution in [1.82, 2.24) is 10.2 Å². The Morgan fingerprint density at radius 2 is 1.80 bits per heavy atom. The van der Waals surface area contributed by atoms with E-state index in [4.69, 9.17) is 0 Å². The fourth-order valence-electron chi connectivity index (χ4n) is 2.91. The lowest BCUT2D eigenvalue weighted by Gasteiger charge is -2.39. The Balaban J connectivity index is 2.57. The highest BCUT2D eigenvalue weighted by atomic mass is 16.4. The molecular weight excluding hydrogens is 256 g/mol. The van der Waals surface area contributed by atoms with Crippen LogP contribution in [0.2, 0.25) is 0 Å². The van der Waals surface area contributed by atoms with Gasteiger partial charge in [0.1, 0.15) is 0 Å². The number of carboxylic acid groups (broad SMARTS) is 1. The number of urea groups is 1. The van der Waals surface area contributed by atoms with E-state index >= 15 is 0 Å². The van der Waals surface area contributed by atoms with Gasteiger partial charge in [0.25, 0.3) is 0 Å². The van der Waals surface area contributed by atoms with Crippen molar-refractivity contribution in [2.24, 2.45) is 5.41 Å². The quantitative estimate of drug-likeness (QED) is 0.815. The molecule has 0 radical (unpaired) electrons. The molecule has 1 aliphatic heterocycles. The van der Waals surface area contributed by atoms with E-state index in [0.29, 0.717) is 32.4 Å². The molecule has 0 bridgehead atoms. The van der Waals surface area contributed by atoms with Crippen LogP contribution >= 0.6 is 0 Å². The molecule has 0 unspecified atom stereocenters. The number of rotatable bonds is 5. The molecule has 0 spiro atoms. The smallest absolute Gasteiger partial charge is 0.317 e. The van der Waals surface area contributed by atoms with Crippen molar-refractivity contribution in [3.63, 3.8) is 0 Å². The van der Waals surface area contributed by atoms with E-state index in [9.17, 15) is 14.7 Å². The predicted molar refractivity (Wildman–Crippen MR) is 78.7 cm³/mol. The number of aliphatic carboxylic acids is 1. The number of hydrogen-bond donors (Lipinski definition) is 2. The molecule has 5 heteroatoms. The highest BCUT2D eigenvalue weighted by Crippen LogP contribution is 2.35. The van der Waals surface area contributed by atoms with Crippen molar-refractivity contribution in [3.8, 4) is 0 Å². The number of carbonyl (C=O) groups is 2. The minimum absolute atomic E-state index is 0.0708. The van der Waals surface area contributed by atoms with Gasteiger partial charge in [0.2, 0.25) is 0 Å². The third-order valence-corrected chi connectivity index (χ3v) is 4.46. The Morgan fingerprint density at radius 3 is 2.20 bits per heavy atom. The maximum Gasteiger partial charge on any atom is 0.317 e. The number of carboxylic acids is 1. The Labute approximate surface area is 121 Å². The van der Waals surface area contributed by atoms with Crippen LogP contribution in [0, 0.1) is 5.41 Å². The van der Waals surface area contributed by atoms with Crippen molar-refractivity contribution in [1.29, 1.82) is 0 Å². The Bertz CT molecular complexity index is 358. The number of likely N-dealkylation sites (tertiary alicyclic amines) is 1. The Kier molecular flexibility index (Phi) is 5.42. The van der Waals surface area contributed by atoms with Crippen LogP contribution in [0.3, 0.4) is 0 Å². The minimum Gasteiger partial charge on any atom is -0.481 e. The van der Waals surface area contributed by atoms with E-state index in [-0.39, 0.29) is 11.6 Å². The first kappa shape index (κ1) is 16.8. The van der Waals surface area contributed by atoms with Crippen molar-refractivity contribution in [2.75, 3.05) is 13.1 Å². The van der Waals surface area contributed by atoms with E-state index < -0.39 is 11.4 Å². The monoisotopic (exact) mass is 284 g/mol. The third-order valence-electron chi connectivity index (χ3n) is 4.46. The molecule has 0 aromatic rings. The van der Waals surface area contributed by atoms with Crippen molar-refractivity contribution in [2.45, 2.75) is 65.3 Å².